The third-order valence-corrected chi connectivity index (χ3v) is 2.65. The van der Waals surface area contributed by atoms with Gasteiger partial charge in [0.25, 0.3) is 0 Å². The molecule has 2 rings (SSSR count). The Balaban J connectivity index is 2.70. The average Bonchev–Trinajstić information content (AvgIpc) is 2.57. The molecule has 1 aromatic heterocycles. The van der Waals surface area contributed by atoms with E-state index in [4.69, 9.17) is 5.73 Å². The van der Waals surface area contributed by atoms with Gasteiger partial charge in [0, 0.05) is 6.54 Å². The van der Waals surface area contributed by atoms with Crippen molar-refractivity contribution in [3.05, 3.63) is 42.2 Å². The fourth-order valence-electron chi connectivity index (χ4n) is 1.93. The number of benzene rings is 1. The second-order valence-corrected chi connectivity index (χ2v) is 4.15. The molecule has 0 amide bonds. The predicted molar refractivity (Wildman–Crippen MR) is 67.3 cm³/mol. The molecule has 0 saturated carbocycles. The zero-order valence-electron chi connectivity index (χ0n) is 9.77. The first kappa shape index (κ1) is 10.9. The highest BCUT2D eigenvalue weighted by atomic mass is 15.1. The molecule has 0 saturated heterocycles. The molecule has 1 heterocycles. The Morgan fingerprint density at radius 2 is 2.31 bits per heavy atom. The highest BCUT2D eigenvalue weighted by molar-refractivity contribution is 5.77. The minimum atomic E-state index is -0.0624. The SMILES string of the molecule is C=CCn1c(C(C)N)nc2cc(C)ccc21. The molecule has 2 N–H and O–H groups in total. The molecular formula is C13H17N3. The molecule has 0 aliphatic rings. The van der Waals surface area contributed by atoms with Gasteiger partial charge in [-0.2, -0.15) is 0 Å². The largest absolute Gasteiger partial charge is 0.323 e. The molecule has 3 heteroatoms. The van der Waals surface area contributed by atoms with Crippen LogP contribution < -0.4 is 5.73 Å². The summed E-state index contributed by atoms with van der Waals surface area (Å²) in [5.74, 6) is 0.917. The maximum atomic E-state index is 5.93. The van der Waals surface area contributed by atoms with Crippen LogP contribution in [-0.4, -0.2) is 9.55 Å². The van der Waals surface area contributed by atoms with Crippen LogP contribution in [-0.2, 0) is 6.54 Å². The number of aryl methyl sites for hydroxylation is 1. The van der Waals surface area contributed by atoms with Crippen LogP contribution in [0.3, 0.4) is 0 Å². The van der Waals surface area contributed by atoms with E-state index in [0.717, 1.165) is 23.4 Å². The molecule has 0 fully saturated rings. The summed E-state index contributed by atoms with van der Waals surface area (Å²) in [6, 6.07) is 6.20. The molecule has 1 aromatic carbocycles. The molecule has 16 heavy (non-hydrogen) atoms. The lowest BCUT2D eigenvalue weighted by atomic mass is 10.2. The van der Waals surface area contributed by atoms with Gasteiger partial charge in [-0.3, -0.25) is 0 Å². The van der Waals surface area contributed by atoms with Gasteiger partial charge >= 0.3 is 0 Å². The van der Waals surface area contributed by atoms with E-state index in [0.29, 0.717) is 0 Å². The summed E-state index contributed by atoms with van der Waals surface area (Å²) in [6.07, 6.45) is 1.87. The van der Waals surface area contributed by atoms with E-state index in [-0.39, 0.29) is 6.04 Å². The highest BCUT2D eigenvalue weighted by Crippen LogP contribution is 2.20. The second-order valence-electron chi connectivity index (χ2n) is 4.15. The van der Waals surface area contributed by atoms with E-state index in [1.807, 2.05) is 13.0 Å². The summed E-state index contributed by atoms with van der Waals surface area (Å²) in [7, 11) is 0. The summed E-state index contributed by atoms with van der Waals surface area (Å²) in [5, 5.41) is 0. The van der Waals surface area contributed by atoms with Crippen LogP contribution in [0.2, 0.25) is 0 Å². The Bertz CT molecular complexity index is 523. The van der Waals surface area contributed by atoms with Crippen molar-refractivity contribution < 1.29 is 0 Å². The molecule has 1 atom stereocenters. The molecule has 0 radical (unpaired) electrons. The van der Waals surface area contributed by atoms with E-state index in [1.165, 1.54) is 5.56 Å². The first-order valence-corrected chi connectivity index (χ1v) is 5.46. The van der Waals surface area contributed by atoms with Crippen molar-refractivity contribution in [2.75, 3.05) is 0 Å². The topological polar surface area (TPSA) is 43.8 Å². The molecule has 0 spiro atoms. The van der Waals surface area contributed by atoms with Crippen LogP contribution in [0.1, 0.15) is 24.4 Å². The fraction of sp³-hybridized carbons (Fsp3) is 0.308. The summed E-state index contributed by atoms with van der Waals surface area (Å²) in [4.78, 5) is 4.58. The van der Waals surface area contributed by atoms with Gasteiger partial charge < -0.3 is 10.3 Å². The summed E-state index contributed by atoms with van der Waals surface area (Å²) >= 11 is 0. The molecule has 84 valence electrons. The highest BCUT2D eigenvalue weighted by Gasteiger charge is 2.12. The van der Waals surface area contributed by atoms with Gasteiger partial charge in [0.2, 0.25) is 0 Å². The van der Waals surface area contributed by atoms with Gasteiger partial charge in [0.15, 0.2) is 0 Å². The van der Waals surface area contributed by atoms with Crippen molar-refractivity contribution in [2.24, 2.45) is 5.73 Å². The molecule has 0 bridgehead atoms. The van der Waals surface area contributed by atoms with E-state index >= 15 is 0 Å². The Kier molecular flexibility index (Phi) is 2.79. The first-order valence-electron chi connectivity index (χ1n) is 5.46. The van der Waals surface area contributed by atoms with E-state index in [1.54, 1.807) is 0 Å². The monoisotopic (exact) mass is 215 g/mol. The molecule has 2 aromatic rings. The summed E-state index contributed by atoms with van der Waals surface area (Å²) in [6.45, 7) is 8.54. The quantitative estimate of drug-likeness (QED) is 0.800. The number of fused-ring (bicyclic) bond motifs is 1. The number of nitrogens with two attached hydrogens (primary N) is 1. The maximum Gasteiger partial charge on any atom is 0.126 e. The number of rotatable bonds is 3. The smallest absolute Gasteiger partial charge is 0.126 e. The van der Waals surface area contributed by atoms with Crippen molar-refractivity contribution in [2.45, 2.75) is 26.4 Å². The van der Waals surface area contributed by atoms with Crippen molar-refractivity contribution in [3.63, 3.8) is 0 Å². The number of nitrogens with zero attached hydrogens (tertiary/aromatic N) is 2. The minimum absolute atomic E-state index is 0.0624. The Morgan fingerprint density at radius 3 is 2.94 bits per heavy atom. The zero-order chi connectivity index (χ0) is 11.7. The molecule has 0 aliphatic heterocycles. The van der Waals surface area contributed by atoms with Gasteiger partial charge in [-0.05, 0) is 31.5 Å². The number of hydrogen-bond acceptors (Lipinski definition) is 2. The normalized spacial score (nSPS) is 12.9. The van der Waals surface area contributed by atoms with E-state index < -0.39 is 0 Å². The second kappa shape index (κ2) is 4.10. The lowest BCUT2D eigenvalue weighted by Crippen LogP contribution is -2.13. The van der Waals surface area contributed by atoms with Crippen LogP contribution >= 0.6 is 0 Å². The Hall–Kier alpha value is -1.61. The van der Waals surface area contributed by atoms with Crippen LogP contribution in [0.25, 0.3) is 11.0 Å². The van der Waals surface area contributed by atoms with Crippen LogP contribution in [0.5, 0.6) is 0 Å². The van der Waals surface area contributed by atoms with Crippen LogP contribution in [0.4, 0.5) is 0 Å². The van der Waals surface area contributed by atoms with Gasteiger partial charge in [0.1, 0.15) is 5.82 Å². The van der Waals surface area contributed by atoms with E-state index in [9.17, 15) is 0 Å². The van der Waals surface area contributed by atoms with Crippen LogP contribution in [0.15, 0.2) is 30.9 Å². The third-order valence-electron chi connectivity index (χ3n) is 2.65. The van der Waals surface area contributed by atoms with E-state index in [2.05, 4.69) is 41.3 Å². The molecule has 0 aliphatic carbocycles. The van der Waals surface area contributed by atoms with Crippen molar-refractivity contribution in [1.29, 1.82) is 0 Å². The number of aromatic nitrogens is 2. The minimum Gasteiger partial charge on any atom is -0.323 e. The van der Waals surface area contributed by atoms with Gasteiger partial charge in [-0.15, -0.1) is 6.58 Å². The predicted octanol–water partition coefficient (Wildman–Crippen LogP) is 2.55. The maximum absolute atomic E-state index is 5.93. The first-order chi connectivity index (χ1) is 7.63. The van der Waals surface area contributed by atoms with Crippen molar-refractivity contribution in [1.82, 2.24) is 9.55 Å². The lowest BCUT2D eigenvalue weighted by Gasteiger charge is -2.08. The summed E-state index contributed by atoms with van der Waals surface area (Å²) in [5.41, 5.74) is 9.28. The standard InChI is InChI=1S/C13H17N3/c1-4-7-16-12-6-5-9(2)8-11(12)15-13(16)10(3)14/h4-6,8,10H,1,7,14H2,2-3H3. The molecule has 3 nitrogen and oxygen atoms in total. The number of imidazole rings is 1. The van der Waals surface area contributed by atoms with Gasteiger partial charge in [-0.25, -0.2) is 4.98 Å². The zero-order valence-corrected chi connectivity index (χ0v) is 9.77. The number of allylic oxidation sites excluding steroid dienone is 1. The van der Waals surface area contributed by atoms with Crippen molar-refractivity contribution >= 4 is 11.0 Å². The Morgan fingerprint density at radius 1 is 1.56 bits per heavy atom. The number of hydrogen-bond donors (Lipinski definition) is 1. The lowest BCUT2D eigenvalue weighted by molar-refractivity contribution is 0.671. The average molecular weight is 215 g/mol. The van der Waals surface area contributed by atoms with Crippen LogP contribution in [0, 0.1) is 6.92 Å². The fourth-order valence-corrected chi connectivity index (χ4v) is 1.93. The van der Waals surface area contributed by atoms with Gasteiger partial charge in [0.05, 0.1) is 17.1 Å². The van der Waals surface area contributed by atoms with Crippen molar-refractivity contribution in [3.8, 4) is 0 Å². The molecular weight excluding hydrogens is 198 g/mol. The molecule has 1 unspecified atom stereocenters. The van der Waals surface area contributed by atoms with Gasteiger partial charge in [-0.1, -0.05) is 12.1 Å². The summed E-state index contributed by atoms with van der Waals surface area (Å²) < 4.78 is 2.12. The Labute approximate surface area is 95.6 Å². The third kappa shape index (κ3) is 1.74.